The molecule has 1 saturated heterocycles. The van der Waals surface area contributed by atoms with Crippen molar-refractivity contribution in [3.8, 4) is 0 Å². The number of halogens is 1. The van der Waals surface area contributed by atoms with Crippen LogP contribution in [0.5, 0.6) is 0 Å². The van der Waals surface area contributed by atoms with Crippen LogP contribution in [0, 0.1) is 5.41 Å². The monoisotopic (exact) mass is 486 g/mol. The number of carbonyl (C=O) groups is 3. The third-order valence-electron chi connectivity index (χ3n) is 6.64. The van der Waals surface area contributed by atoms with Crippen molar-refractivity contribution in [1.29, 1.82) is 0 Å². The normalized spacial score (nSPS) is 20.4. The molecule has 0 aliphatic carbocycles. The molecule has 1 heterocycles. The quantitative estimate of drug-likeness (QED) is 0.606. The Kier molecular flexibility index (Phi) is 7.68. The van der Waals surface area contributed by atoms with Gasteiger partial charge in [0, 0.05) is 29.1 Å². The number of benzene rings is 2. The number of ether oxygens (including phenoxy) is 1. The molecule has 2 aromatic carbocycles. The zero-order valence-electron chi connectivity index (χ0n) is 19.9. The first-order valence-electron chi connectivity index (χ1n) is 11.3. The highest BCUT2D eigenvalue weighted by molar-refractivity contribution is 6.30. The lowest BCUT2D eigenvalue weighted by molar-refractivity contribution is -0.154. The number of likely N-dealkylation sites (tertiary alicyclic amines) is 1. The number of hydrogen-bond acceptors (Lipinski definition) is 5. The summed E-state index contributed by atoms with van der Waals surface area (Å²) in [6.07, 6.45) is 0.762. The first kappa shape index (κ1) is 25.7. The topological polar surface area (TPSA) is 95.9 Å². The van der Waals surface area contributed by atoms with Crippen LogP contribution in [0.4, 0.5) is 0 Å². The van der Waals surface area contributed by atoms with Crippen molar-refractivity contribution < 1.29 is 24.2 Å². The highest BCUT2D eigenvalue weighted by Gasteiger charge is 2.50. The third kappa shape index (κ3) is 5.10. The Morgan fingerprint density at radius 2 is 1.79 bits per heavy atom. The fraction of sp³-hybridized carbons (Fsp3) is 0.423. The van der Waals surface area contributed by atoms with Crippen molar-refractivity contribution in [2.24, 2.45) is 5.41 Å². The maximum Gasteiger partial charge on any atom is 0.337 e. The summed E-state index contributed by atoms with van der Waals surface area (Å²) in [5, 5.41) is 14.9. The molecule has 2 N–H and O–H groups in total. The second kappa shape index (κ2) is 10.2. The molecule has 34 heavy (non-hydrogen) atoms. The minimum Gasteiger partial charge on any atom is -0.465 e. The second-order valence-electron chi connectivity index (χ2n) is 9.27. The average Bonchev–Trinajstić information content (AvgIpc) is 2.83. The summed E-state index contributed by atoms with van der Waals surface area (Å²) in [5.74, 6) is -1.19. The zero-order valence-corrected chi connectivity index (χ0v) is 20.7. The summed E-state index contributed by atoms with van der Waals surface area (Å²) in [7, 11) is 1.27. The molecule has 0 aromatic heterocycles. The molecule has 1 fully saturated rings. The number of aliphatic hydroxyl groups is 1. The molecule has 8 heteroatoms. The van der Waals surface area contributed by atoms with E-state index in [4.69, 9.17) is 16.3 Å². The minimum atomic E-state index is -1.12. The van der Waals surface area contributed by atoms with Crippen molar-refractivity contribution in [3.05, 3.63) is 70.2 Å². The SMILES string of the molecule is CC[C@@H](NC(=O)c1cccc(C(=O)OC)c1)C(=O)N1CC[C@](O)(c2ccc(Cl)cc2)C(C)(C)C1. The van der Waals surface area contributed by atoms with Gasteiger partial charge < -0.3 is 20.1 Å². The lowest BCUT2D eigenvalue weighted by atomic mass is 9.66. The van der Waals surface area contributed by atoms with Gasteiger partial charge in [0.15, 0.2) is 0 Å². The van der Waals surface area contributed by atoms with Crippen LogP contribution in [0.25, 0.3) is 0 Å². The number of hydrogen-bond donors (Lipinski definition) is 2. The van der Waals surface area contributed by atoms with E-state index in [9.17, 15) is 19.5 Å². The van der Waals surface area contributed by atoms with Crippen molar-refractivity contribution in [2.75, 3.05) is 20.2 Å². The molecule has 1 aliphatic heterocycles. The van der Waals surface area contributed by atoms with E-state index in [2.05, 4.69) is 5.32 Å². The number of carbonyl (C=O) groups excluding carboxylic acids is 3. The number of piperidine rings is 1. The number of rotatable bonds is 6. The van der Waals surface area contributed by atoms with Crippen LogP contribution in [-0.2, 0) is 15.1 Å². The lowest BCUT2D eigenvalue weighted by Gasteiger charge is -2.51. The Morgan fingerprint density at radius 3 is 2.38 bits per heavy atom. The molecule has 0 saturated carbocycles. The Bertz CT molecular complexity index is 1070. The van der Waals surface area contributed by atoms with Crippen molar-refractivity contribution in [1.82, 2.24) is 10.2 Å². The highest BCUT2D eigenvalue weighted by Crippen LogP contribution is 2.46. The summed E-state index contributed by atoms with van der Waals surface area (Å²) >= 11 is 6.01. The predicted octanol–water partition coefficient (Wildman–Crippen LogP) is 3.78. The summed E-state index contributed by atoms with van der Waals surface area (Å²) in [5.41, 5.74) is -0.460. The molecular weight excluding hydrogens is 456 g/mol. The predicted molar refractivity (Wildman–Crippen MR) is 130 cm³/mol. The molecule has 0 spiro atoms. The Morgan fingerprint density at radius 1 is 1.15 bits per heavy atom. The maximum absolute atomic E-state index is 13.3. The van der Waals surface area contributed by atoms with E-state index in [0.717, 1.165) is 5.56 Å². The number of nitrogens with zero attached hydrogens (tertiary/aromatic N) is 1. The van der Waals surface area contributed by atoms with E-state index in [1.54, 1.807) is 35.2 Å². The Balaban J connectivity index is 1.73. The van der Waals surface area contributed by atoms with E-state index in [-0.39, 0.29) is 17.0 Å². The fourth-order valence-electron chi connectivity index (χ4n) is 4.48. The van der Waals surface area contributed by atoms with Gasteiger partial charge in [-0.3, -0.25) is 9.59 Å². The van der Waals surface area contributed by atoms with Gasteiger partial charge in [-0.25, -0.2) is 4.79 Å². The van der Waals surface area contributed by atoms with E-state index in [1.165, 1.54) is 13.2 Å². The van der Waals surface area contributed by atoms with Gasteiger partial charge in [0.2, 0.25) is 5.91 Å². The van der Waals surface area contributed by atoms with Crippen LogP contribution >= 0.6 is 11.6 Å². The zero-order chi connectivity index (χ0) is 25.1. The van der Waals surface area contributed by atoms with E-state index in [0.29, 0.717) is 31.0 Å². The molecule has 0 radical (unpaired) electrons. The van der Waals surface area contributed by atoms with E-state index in [1.807, 2.05) is 32.9 Å². The molecule has 2 aromatic rings. The smallest absolute Gasteiger partial charge is 0.337 e. The Hall–Kier alpha value is -2.90. The van der Waals surface area contributed by atoms with E-state index >= 15 is 0 Å². The van der Waals surface area contributed by atoms with Gasteiger partial charge >= 0.3 is 5.97 Å². The number of methoxy groups -OCH3 is 1. The van der Waals surface area contributed by atoms with E-state index < -0.39 is 28.9 Å². The summed E-state index contributed by atoms with van der Waals surface area (Å²) in [6.45, 7) is 6.37. The summed E-state index contributed by atoms with van der Waals surface area (Å²) < 4.78 is 4.71. The standard InChI is InChI=1S/C26H31ClN2O5/c1-5-21(28-22(30)17-7-6-8-18(15-17)24(32)34-4)23(31)29-14-13-26(33,25(2,3)16-29)19-9-11-20(27)12-10-19/h6-12,15,21,33H,5,13-14,16H2,1-4H3,(H,28,30)/t21-,26+/m1/s1. The first-order chi connectivity index (χ1) is 16.0. The van der Waals surface area contributed by atoms with Crippen LogP contribution in [0.15, 0.2) is 48.5 Å². The van der Waals surface area contributed by atoms with Gasteiger partial charge in [-0.1, -0.05) is 50.6 Å². The maximum atomic E-state index is 13.3. The first-order valence-corrected chi connectivity index (χ1v) is 11.7. The van der Waals surface area contributed by atoms with Crippen molar-refractivity contribution in [3.63, 3.8) is 0 Å². The van der Waals surface area contributed by atoms with Crippen LogP contribution in [-0.4, -0.2) is 54.0 Å². The van der Waals surface area contributed by atoms with Crippen molar-refractivity contribution >= 4 is 29.4 Å². The summed E-state index contributed by atoms with van der Waals surface area (Å²) in [4.78, 5) is 39.6. The Labute approximate surface area is 205 Å². The fourth-order valence-corrected chi connectivity index (χ4v) is 4.60. The molecule has 0 bridgehead atoms. The van der Waals surface area contributed by atoms with Gasteiger partial charge in [0.1, 0.15) is 6.04 Å². The average molecular weight is 487 g/mol. The number of esters is 1. The van der Waals surface area contributed by atoms with Crippen LogP contribution < -0.4 is 5.32 Å². The number of amides is 2. The van der Waals surface area contributed by atoms with Gasteiger partial charge in [-0.2, -0.15) is 0 Å². The van der Waals surface area contributed by atoms with Crippen LogP contribution in [0.3, 0.4) is 0 Å². The highest BCUT2D eigenvalue weighted by atomic mass is 35.5. The minimum absolute atomic E-state index is 0.203. The lowest BCUT2D eigenvalue weighted by Crippen LogP contribution is -2.59. The van der Waals surface area contributed by atoms with Gasteiger partial charge in [-0.05, 0) is 48.7 Å². The molecular formula is C26H31ClN2O5. The molecule has 3 rings (SSSR count). The second-order valence-corrected chi connectivity index (χ2v) is 9.70. The van der Waals surface area contributed by atoms with Crippen molar-refractivity contribution in [2.45, 2.75) is 45.3 Å². The molecule has 2 amide bonds. The van der Waals surface area contributed by atoms with Gasteiger partial charge in [0.25, 0.3) is 5.91 Å². The largest absolute Gasteiger partial charge is 0.465 e. The molecule has 7 nitrogen and oxygen atoms in total. The molecule has 1 aliphatic rings. The van der Waals surface area contributed by atoms with Gasteiger partial charge in [0.05, 0.1) is 18.3 Å². The van der Waals surface area contributed by atoms with Gasteiger partial charge in [-0.15, -0.1) is 0 Å². The number of nitrogens with one attached hydrogen (secondary N) is 1. The molecule has 182 valence electrons. The van der Waals surface area contributed by atoms with Crippen LogP contribution in [0.2, 0.25) is 5.02 Å². The molecule has 2 atom stereocenters. The third-order valence-corrected chi connectivity index (χ3v) is 6.89. The summed E-state index contributed by atoms with van der Waals surface area (Å²) in [6, 6.07) is 12.6. The van der Waals surface area contributed by atoms with Crippen LogP contribution in [0.1, 0.15) is 59.9 Å². The molecule has 0 unspecified atom stereocenters.